The number of nitrogens with zero attached hydrogens (tertiary/aromatic N) is 3. The van der Waals surface area contributed by atoms with Crippen LogP contribution in [0.15, 0.2) is 78.0 Å². The number of carbonyl (C=O) groups excluding carboxylic acids is 1. The zero-order valence-corrected chi connectivity index (χ0v) is 19.3. The number of carbonyl (C=O) groups is 1. The lowest BCUT2D eigenvalue weighted by Crippen LogP contribution is -2.16. The summed E-state index contributed by atoms with van der Waals surface area (Å²) in [5.74, 6) is 0.949. The third kappa shape index (κ3) is 4.75. The van der Waals surface area contributed by atoms with E-state index in [9.17, 15) is 4.79 Å². The Kier molecular flexibility index (Phi) is 6.71. The van der Waals surface area contributed by atoms with Gasteiger partial charge in [-0.1, -0.05) is 78.8 Å². The molecule has 1 amide bonds. The van der Waals surface area contributed by atoms with Crippen LogP contribution in [0.3, 0.4) is 0 Å². The van der Waals surface area contributed by atoms with Crippen molar-refractivity contribution in [3.63, 3.8) is 0 Å². The Labute approximate surface area is 192 Å². The van der Waals surface area contributed by atoms with Crippen molar-refractivity contribution in [2.45, 2.75) is 32.3 Å². The number of para-hydroxylation sites is 2. The Morgan fingerprint density at radius 3 is 2.50 bits per heavy atom. The summed E-state index contributed by atoms with van der Waals surface area (Å²) in [6.45, 7) is 6.17. The highest BCUT2D eigenvalue weighted by Crippen LogP contribution is 2.29. The van der Waals surface area contributed by atoms with Crippen molar-refractivity contribution in [2.75, 3.05) is 11.1 Å². The van der Waals surface area contributed by atoms with E-state index in [0.29, 0.717) is 5.16 Å². The Balaban J connectivity index is 1.60. The van der Waals surface area contributed by atoms with E-state index in [1.807, 2.05) is 66.1 Å². The van der Waals surface area contributed by atoms with Crippen LogP contribution in [0.4, 0.5) is 5.69 Å². The highest BCUT2D eigenvalue weighted by atomic mass is 32.2. The number of thioether (sulfide) groups is 1. The van der Waals surface area contributed by atoms with E-state index in [4.69, 9.17) is 0 Å². The van der Waals surface area contributed by atoms with Crippen LogP contribution in [0.25, 0.3) is 17.1 Å². The van der Waals surface area contributed by atoms with Gasteiger partial charge in [-0.05, 0) is 49.6 Å². The normalized spacial score (nSPS) is 10.8. The molecule has 32 heavy (non-hydrogen) atoms. The summed E-state index contributed by atoms with van der Waals surface area (Å²) in [4.78, 5) is 12.8. The van der Waals surface area contributed by atoms with Crippen LogP contribution in [0.2, 0.25) is 0 Å². The smallest absolute Gasteiger partial charge is 0.234 e. The predicted octanol–water partition coefficient (Wildman–Crippen LogP) is 5.84. The summed E-state index contributed by atoms with van der Waals surface area (Å²) in [5, 5.41) is 12.7. The van der Waals surface area contributed by atoms with Gasteiger partial charge >= 0.3 is 0 Å². The SMILES string of the molecule is CCc1cccc(C)c1NC(=O)CSc1nnc(-c2cccc(C)c2)n1-c1ccccc1. The molecule has 1 heterocycles. The highest BCUT2D eigenvalue weighted by molar-refractivity contribution is 7.99. The largest absolute Gasteiger partial charge is 0.325 e. The van der Waals surface area contributed by atoms with Gasteiger partial charge in [-0.25, -0.2) is 0 Å². The van der Waals surface area contributed by atoms with Crippen LogP contribution in [-0.2, 0) is 11.2 Å². The number of amides is 1. The minimum Gasteiger partial charge on any atom is -0.325 e. The summed E-state index contributed by atoms with van der Waals surface area (Å²) in [5.41, 5.74) is 6.22. The summed E-state index contributed by atoms with van der Waals surface area (Å²) >= 11 is 1.39. The molecule has 0 aliphatic carbocycles. The van der Waals surface area contributed by atoms with E-state index in [1.54, 1.807) is 0 Å². The van der Waals surface area contributed by atoms with Gasteiger partial charge in [-0.3, -0.25) is 9.36 Å². The maximum Gasteiger partial charge on any atom is 0.234 e. The number of aromatic nitrogens is 3. The lowest BCUT2D eigenvalue weighted by molar-refractivity contribution is -0.113. The molecule has 1 N–H and O–H groups in total. The summed E-state index contributed by atoms with van der Waals surface area (Å²) in [6, 6.07) is 24.3. The van der Waals surface area contributed by atoms with Gasteiger partial charge < -0.3 is 5.32 Å². The minimum atomic E-state index is -0.0567. The number of nitrogens with one attached hydrogen (secondary N) is 1. The molecular formula is C26H26N4OS. The maximum atomic E-state index is 12.8. The third-order valence-corrected chi connectivity index (χ3v) is 6.19. The molecule has 0 aliphatic heterocycles. The lowest BCUT2D eigenvalue weighted by Gasteiger charge is -2.13. The van der Waals surface area contributed by atoms with Crippen molar-refractivity contribution in [1.29, 1.82) is 0 Å². The topological polar surface area (TPSA) is 59.8 Å². The summed E-state index contributed by atoms with van der Waals surface area (Å²) < 4.78 is 2.01. The molecule has 0 fully saturated rings. The maximum absolute atomic E-state index is 12.8. The molecule has 0 bridgehead atoms. The predicted molar refractivity (Wildman–Crippen MR) is 131 cm³/mol. The molecule has 4 aromatic rings. The van der Waals surface area contributed by atoms with E-state index in [1.165, 1.54) is 11.8 Å². The zero-order valence-electron chi connectivity index (χ0n) is 18.5. The average molecular weight is 443 g/mol. The van der Waals surface area contributed by atoms with Gasteiger partial charge in [0, 0.05) is 16.9 Å². The van der Waals surface area contributed by atoms with Gasteiger partial charge in [0.15, 0.2) is 11.0 Å². The molecule has 1 aromatic heterocycles. The first-order valence-corrected chi connectivity index (χ1v) is 11.6. The second-order valence-electron chi connectivity index (χ2n) is 7.65. The van der Waals surface area contributed by atoms with Gasteiger partial charge in [0.2, 0.25) is 5.91 Å². The molecule has 0 aliphatic rings. The van der Waals surface area contributed by atoms with Crippen molar-refractivity contribution in [1.82, 2.24) is 14.8 Å². The fourth-order valence-corrected chi connectivity index (χ4v) is 4.40. The molecule has 0 saturated heterocycles. The molecule has 0 atom stereocenters. The molecule has 5 nitrogen and oxygen atoms in total. The molecule has 0 saturated carbocycles. The van der Waals surface area contributed by atoms with Gasteiger partial charge in [-0.15, -0.1) is 10.2 Å². The first kappa shape index (κ1) is 21.8. The van der Waals surface area contributed by atoms with Crippen molar-refractivity contribution in [3.05, 3.63) is 89.5 Å². The van der Waals surface area contributed by atoms with Crippen molar-refractivity contribution < 1.29 is 4.79 Å². The zero-order chi connectivity index (χ0) is 22.5. The van der Waals surface area contributed by atoms with Gasteiger partial charge in [0.05, 0.1) is 5.75 Å². The monoisotopic (exact) mass is 442 g/mol. The number of anilines is 1. The molecule has 4 rings (SSSR count). The highest BCUT2D eigenvalue weighted by Gasteiger charge is 2.18. The third-order valence-electron chi connectivity index (χ3n) is 5.26. The first-order valence-electron chi connectivity index (χ1n) is 10.7. The Morgan fingerprint density at radius 1 is 0.969 bits per heavy atom. The quantitative estimate of drug-likeness (QED) is 0.365. The van der Waals surface area contributed by atoms with Crippen LogP contribution in [0.1, 0.15) is 23.6 Å². The fourth-order valence-electron chi connectivity index (χ4n) is 3.65. The van der Waals surface area contributed by atoms with Crippen LogP contribution < -0.4 is 5.32 Å². The molecular weight excluding hydrogens is 416 g/mol. The van der Waals surface area contributed by atoms with Crippen molar-refractivity contribution in [2.24, 2.45) is 0 Å². The lowest BCUT2D eigenvalue weighted by atomic mass is 10.1. The van der Waals surface area contributed by atoms with Gasteiger partial charge in [0.25, 0.3) is 0 Å². The van der Waals surface area contributed by atoms with Crippen LogP contribution in [-0.4, -0.2) is 26.4 Å². The van der Waals surface area contributed by atoms with Crippen molar-refractivity contribution >= 4 is 23.4 Å². The fraction of sp³-hybridized carbons (Fsp3) is 0.192. The Hall–Kier alpha value is -3.38. The van der Waals surface area contributed by atoms with Crippen molar-refractivity contribution in [3.8, 4) is 17.1 Å². The van der Waals surface area contributed by atoms with E-state index in [-0.39, 0.29) is 11.7 Å². The summed E-state index contributed by atoms with van der Waals surface area (Å²) in [7, 11) is 0. The molecule has 0 unspecified atom stereocenters. The number of aryl methyl sites for hydroxylation is 3. The second kappa shape index (κ2) is 9.83. The van der Waals surface area contributed by atoms with Crippen LogP contribution in [0, 0.1) is 13.8 Å². The number of hydrogen-bond donors (Lipinski definition) is 1. The van der Waals surface area contributed by atoms with Gasteiger partial charge in [-0.2, -0.15) is 0 Å². The van der Waals surface area contributed by atoms with Gasteiger partial charge in [0.1, 0.15) is 0 Å². The van der Waals surface area contributed by atoms with E-state index < -0.39 is 0 Å². The van der Waals surface area contributed by atoms with E-state index >= 15 is 0 Å². The molecule has 0 spiro atoms. The second-order valence-corrected chi connectivity index (χ2v) is 8.59. The Bertz CT molecular complexity index is 1230. The number of rotatable bonds is 7. The number of hydrogen-bond acceptors (Lipinski definition) is 4. The van der Waals surface area contributed by atoms with Crippen LogP contribution in [0.5, 0.6) is 0 Å². The molecule has 3 aromatic carbocycles. The molecule has 162 valence electrons. The van der Waals surface area contributed by atoms with E-state index in [2.05, 4.69) is 47.6 Å². The minimum absolute atomic E-state index is 0.0567. The average Bonchev–Trinajstić information content (AvgIpc) is 3.23. The molecule has 0 radical (unpaired) electrons. The van der Waals surface area contributed by atoms with E-state index in [0.717, 1.165) is 45.9 Å². The number of benzene rings is 3. The Morgan fingerprint density at radius 2 is 1.75 bits per heavy atom. The first-order chi connectivity index (χ1) is 15.6. The van der Waals surface area contributed by atoms with Crippen LogP contribution >= 0.6 is 11.8 Å². The summed E-state index contributed by atoms with van der Waals surface area (Å²) in [6.07, 6.45) is 0.868. The molecule has 6 heteroatoms. The standard InChI is InChI=1S/C26H26N4OS/c1-4-20-12-9-11-19(3)24(20)27-23(31)17-32-26-29-28-25(21-13-8-10-18(2)16-21)30(26)22-14-6-5-7-15-22/h5-16H,4,17H2,1-3H3,(H,27,31).